The molecule has 2 atom stereocenters. The van der Waals surface area contributed by atoms with Gasteiger partial charge in [0.2, 0.25) is 5.91 Å². The minimum absolute atomic E-state index is 0.00896. The van der Waals surface area contributed by atoms with Gasteiger partial charge in [-0.2, -0.15) is 0 Å². The normalized spacial score (nSPS) is 20.8. The van der Waals surface area contributed by atoms with E-state index < -0.39 is 0 Å². The molecule has 0 saturated carbocycles. The molecule has 1 aromatic carbocycles. The van der Waals surface area contributed by atoms with E-state index in [1.165, 1.54) is 0 Å². The number of carbonyl (C=O) groups excluding carboxylic acids is 1. The molecule has 0 spiro atoms. The number of rotatable bonds is 5. The summed E-state index contributed by atoms with van der Waals surface area (Å²) < 4.78 is 0. The van der Waals surface area contributed by atoms with Crippen LogP contribution in [0.4, 0.5) is 0 Å². The molecule has 0 aliphatic carbocycles. The summed E-state index contributed by atoms with van der Waals surface area (Å²) in [5.74, 6) is 0.00896. The van der Waals surface area contributed by atoms with E-state index in [2.05, 4.69) is 10.6 Å². The minimum Gasteiger partial charge on any atom is -0.394 e. The number of amides is 1. The Morgan fingerprint density at radius 2 is 2.16 bits per heavy atom. The van der Waals surface area contributed by atoms with Crippen molar-refractivity contribution in [1.82, 2.24) is 10.6 Å². The molecule has 19 heavy (non-hydrogen) atoms. The van der Waals surface area contributed by atoms with E-state index in [0.29, 0.717) is 6.42 Å². The summed E-state index contributed by atoms with van der Waals surface area (Å²) in [6.07, 6.45) is 3.77. The van der Waals surface area contributed by atoms with Gasteiger partial charge < -0.3 is 15.7 Å². The maximum atomic E-state index is 12.1. The molecule has 1 saturated heterocycles. The summed E-state index contributed by atoms with van der Waals surface area (Å²) in [6, 6.07) is 9.60. The largest absolute Gasteiger partial charge is 0.394 e. The third kappa shape index (κ3) is 4.33. The van der Waals surface area contributed by atoms with Crippen LogP contribution >= 0.6 is 0 Å². The van der Waals surface area contributed by atoms with E-state index >= 15 is 0 Å². The molecule has 1 heterocycles. The highest BCUT2D eigenvalue weighted by Crippen LogP contribution is 2.08. The molecule has 4 heteroatoms. The zero-order valence-electron chi connectivity index (χ0n) is 11.1. The van der Waals surface area contributed by atoms with Gasteiger partial charge in [0.15, 0.2) is 0 Å². The predicted octanol–water partition coefficient (Wildman–Crippen LogP) is 0.848. The molecule has 1 aromatic rings. The molecule has 2 unspecified atom stereocenters. The van der Waals surface area contributed by atoms with Crippen LogP contribution in [0.2, 0.25) is 0 Å². The van der Waals surface area contributed by atoms with Gasteiger partial charge in [0.25, 0.3) is 0 Å². The lowest BCUT2D eigenvalue weighted by atomic mass is 10.0. The van der Waals surface area contributed by atoms with Gasteiger partial charge in [0.05, 0.1) is 18.7 Å². The number of carbonyl (C=O) groups is 1. The summed E-state index contributed by atoms with van der Waals surface area (Å²) in [7, 11) is 0. The molecule has 4 nitrogen and oxygen atoms in total. The van der Waals surface area contributed by atoms with Crippen molar-refractivity contribution in [3.05, 3.63) is 35.9 Å². The molecule has 2 rings (SSSR count). The van der Waals surface area contributed by atoms with Crippen LogP contribution in [0.3, 0.4) is 0 Å². The maximum Gasteiger partial charge on any atom is 0.237 e. The highest BCUT2D eigenvalue weighted by molar-refractivity contribution is 5.82. The summed E-state index contributed by atoms with van der Waals surface area (Å²) in [5.41, 5.74) is 1.12. The van der Waals surface area contributed by atoms with Crippen molar-refractivity contribution in [2.75, 3.05) is 13.2 Å². The Labute approximate surface area is 114 Å². The molecular weight excluding hydrogens is 240 g/mol. The zero-order valence-corrected chi connectivity index (χ0v) is 11.1. The van der Waals surface area contributed by atoms with Gasteiger partial charge in [-0.1, -0.05) is 36.8 Å². The van der Waals surface area contributed by atoms with Crippen molar-refractivity contribution in [2.45, 2.75) is 37.8 Å². The number of benzene rings is 1. The van der Waals surface area contributed by atoms with Crippen molar-refractivity contribution >= 4 is 5.91 Å². The molecule has 1 aliphatic rings. The van der Waals surface area contributed by atoms with Crippen LogP contribution < -0.4 is 10.6 Å². The van der Waals surface area contributed by atoms with Crippen LogP contribution in [0.25, 0.3) is 0 Å². The molecule has 0 radical (unpaired) electrons. The van der Waals surface area contributed by atoms with Gasteiger partial charge in [0.1, 0.15) is 0 Å². The zero-order chi connectivity index (χ0) is 13.5. The fourth-order valence-corrected chi connectivity index (χ4v) is 2.44. The van der Waals surface area contributed by atoms with Crippen molar-refractivity contribution < 1.29 is 9.90 Å². The maximum absolute atomic E-state index is 12.1. The molecule has 0 bridgehead atoms. The van der Waals surface area contributed by atoms with Gasteiger partial charge in [-0.3, -0.25) is 4.79 Å². The van der Waals surface area contributed by atoms with Crippen LogP contribution in [0, 0.1) is 0 Å². The van der Waals surface area contributed by atoms with Crippen molar-refractivity contribution in [3.8, 4) is 0 Å². The highest BCUT2D eigenvalue weighted by Gasteiger charge is 2.22. The summed E-state index contributed by atoms with van der Waals surface area (Å²) in [5, 5.41) is 15.6. The van der Waals surface area contributed by atoms with Crippen molar-refractivity contribution in [3.63, 3.8) is 0 Å². The second-order valence-electron chi connectivity index (χ2n) is 5.08. The first-order valence-corrected chi connectivity index (χ1v) is 6.98. The Kier molecular flexibility index (Phi) is 5.36. The third-order valence-electron chi connectivity index (χ3n) is 3.52. The molecule has 3 N–H and O–H groups in total. The van der Waals surface area contributed by atoms with E-state index in [1.807, 2.05) is 30.3 Å². The van der Waals surface area contributed by atoms with Crippen LogP contribution in [-0.4, -0.2) is 36.2 Å². The number of aliphatic hydroxyl groups excluding tert-OH is 1. The van der Waals surface area contributed by atoms with Gasteiger partial charge in [-0.15, -0.1) is 0 Å². The van der Waals surface area contributed by atoms with E-state index in [4.69, 9.17) is 0 Å². The van der Waals surface area contributed by atoms with Crippen LogP contribution in [0.5, 0.6) is 0 Å². The predicted molar refractivity (Wildman–Crippen MR) is 74.8 cm³/mol. The number of hydrogen-bond acceptors (Lipinski definition) is 3. The molecule has 1 fully saturated rings. The quantitative estimate of drug-likeness (QED) is 0.737. The summed E-state index contributed by atoms with van der Waals surface area (Å²) in [4.78, 5) is 12.1. The number of aliphatic hydroxyl groups is 1. The number of hydrogen-bond donors (Lipinski definition) is 3. The average Bonchev–Trinajstić information content (AvgIpc) is 2.48. The van der Waals surface area contributed by atoms with Gasteiger partial charge >= 0.3 is 0 Å². The van der Waals surface area contributed by atoms with Crippen LogP contribution in [-0.2, 0) is 11.2 Å². The van der Waals surface area contributed by atoms with E-state index in [-0.39, 0.29) is 24.6 Å². The summed E-state index contributed by atoms with van der Waals surface area (Å²) in [6.45, 7) is 0.869. The lowest BCUT2D eigenvalue weighted by Gasteiger charge is -2.25. The SMILES string of the molecule is O=C(NC(CO)Cc1ccccc1)C1CCCCN1. The lowest BCUT2D eigenvalue weighted by molar-refractivity contribution is -0.124. The lowest BCUT2D eigenvalue weighted by Crippen LogP contribution is -2.51. The van der Waals surface area contributed by atoms with Crippen molar-refractivity contribution in [2.24, 2.45) is 0 Å². The first kappa shape index (κ1) is 14.0. The second kappa shape index (κ2) is 7.26. The van der Waals surface area contributed by atoms with E-state index in [9.17, 15) is 9.90 Å². The molecule has 104 valence electrons. The molecular formula is C15H22N2O2. The van der Waals surface area contributed by atoms with E-state index in [0.717, 1.165) is 31.4 Å². The van der Waals surface area contributed by atoms with Gasteiger partial charge in [-0.05, 0) is 31.4 Å². The fourth-order valence-electron chi connectivity index (χ4n) is 2.44. The third-order valence-corrected chi connectivity index (χ3v) is 3.52. The first-order chi connectivity index (χ1) is 9.29. The minimum atomic E-state index is -0.210. The molecule has 0 aromatic heterocycles. The smallest absolute Gasteiger partial charge is 0.237 e. The Bertz CT molecular complexity index is 388. The Balaban J connectivity index is 1.86. The Hall–Kier alpha value is -1.39. The summed E-state index contributed by atoms with van der Waals surface area (Å²) >= 11 is 0. The number of nitrogens with one attached hydrogen (secondary N) is 2. The van der Waals surface area contributed by atoms with E-state index in [1.54, 1.807) is 0 Å². The van der Waals surface area contributed by atoms with Gasteiger partial charge in [0, 0.05) is 0 Å². The molecule has 1 amide bonds. The topological polar surface area (TPSA) is 61.4 Å². The van der Waals surface area contributed by atoms with Crippen LogP contribution in [0.1, 0.15) is 24.8 Å². The van der Waals surface area contributed by atoms with Gasteiger partial charge in [-0.25, -0.2) is 0 Å². The van der Waals surface area contributed by atoms with Crippen molar-refractivity contribution in [1.29, 1.82) is 0 Å². The number of piperidine rings is 1. The molecule has 1 aliphatic heterocycles. The average molecular weight is 262 g/mol. The monoisotopic (exact) mass is 262 g/mol. The second-order valence-corrected chi connectivity index (χ2v) is 5.08. The standard InChI is InChI=1S/C15H22N2O2/c18-11-13(10-12-6-2-1-3-7-12)17-15(19)14-8-4-5-9-16-14/h1-3,6-7,13-14,16,18H,4-5,8-11H2,(H,17,19). The Morgan fingerprint density at radius 3 is 2.79 bits per heavy atom. The Morgan fingerprint density at radius 1 is 1.37 bits per heavy atom. The first-order valence-electron chi connectivity index (χ1n) is 6.98. The highest BCUT2D eigenvalue weighted by atomic mass is 16.3. The fraction of sp³-hybridized carbons (Fsp3) is 0.533. The van der Waals surface area contributed by atoms with Crippen LogP contribution in [0.15, 0.2) is 30.3 Å².